The van der Waals surface area contributed by atoms with E-state index in [1.165, 1.54) is 0 Å². The summed E-state index contributed by atoms with van der Waals surface area (Å²) in [4.78, 5) is 21.2. The van der Waals surface area contributed by atoms with Crippen LogP contribution < -0.4 is 10.6 Å². The van der Waals surface area contributed by atoms with Crippen LogP contribution in [0.4, 0.5) is 11.6 Å². The third-order valence-electron chi connectivity index (χ3n) is 5.15. The summed E-state index contributed by atoms with van der Waals surface area (Å²) in [5, 5.41) is 7.94. The van der Waals surface area contributed by atoms with Gasteiger partial charge in [-0.05, 0) is 41.5 Å². The smallest absolute Gasteiger partial charge is 0.228 e. The quantitative estimate of drug-likeness (QED) is 0.525. The van der Waals surface area contributed by atoms with Crippen molar-refractivity contribution >= 4 is 28.3 Å². The molecule has 1 amide bonds. The lowest BCUT2D eigenvalue weighted by molar-refractivity contribution is -0.117. The minimum absolute atomic E-state index is 0.0431. The third kappa shape index (κ3) is 4.58. The molecule has 0 atom stereocenters. The van der Waals surface area contributed by atoms with Crippen molar-refractivity contribution in [2.45, 2.75) is 19.4 Å². The molecular formula is C23H26N4O3. The monoisotopic (exact) mass is 406 g/mol. The normalized spacial score (nSPS) is 13.4. The van der Waals surface area contributed by atoms with Crippen molar-refractivity contribution < 1.29 is 14.3 Å². The molecule has 4 rings (SSSR count). The Labute approximate surface area is 175 Å². The summed E-state index contributed by atoms with van der Waals surface area (Å²) in [6.07, 6.45) is 5.53. The second-order valence-corrected chi connectivity index (χ2v) is 7.39. The molecule has 7 heteroatoms. The molecule has 2 aromatic heterocycles. The Balaban J connectivity index is 1.68. The lowest BCUT2D eigenvalue weighted by atomic mass is 10.00. The van der Waals surface area contributed by atoms with Gasteiger partial charge in [0.15, 0.2) is 0 Å². The molecule has 1 aliphatic carbocycles. The number of carbonyl (C=O) groups is 1. The highest BCUT2D eigenvalue weighted by atomic mass is 16.5. The summed E-state index contributed by atoms with van der Waals surface area (Å²) in [5.74, 6) is 1.48. The van der Waals surface area contributed by atoms with Gasteiger partial charge in [-0.25, -0.2) is 9.97 Å². The van der Waals surface area contributed by atoms with Crippen LogP contribution in [-0.4, -0.2) is 43.2 Å². The first-order valence-corrected chi connectivity index (χ1v) is 10.1. The van der Waals surface area contributed by atoms with Gasteiger partial charge in [0.1, 0.15) is 11.6 Å². The highest BCUT2D eigenvalue weighted by Crippen LogP contribution is 2.34. The van der Waals surface area contributed by atoms with E-state index in [1.54, 1.807) is 13.3 Å². The number of carbonyl (C=O) groups excluding carboxylic acids is 1. The molecule has 1 saturated carbocycles. The van der Waals surface area contributed by atoms with Gasteiger partial charge in [0.05, 0.1) is 19.8 Å². The number of rotatable bonds is 9. The van der Waals surface area contributed by atoms with E-state index < -0.39 is 0 Å². The summed E-state index contributed by atoms with van der Waals surface area (Å²) < 4.78 is 10.7. The van der Waals surface area contributed by atoms with Crippen LogP contribution in [0.25, 0.3) is 21.9 Å². The molecule has 0 spiro atoms. The number of ether oxygens (including phenoxy) is 2. The van der Waals surface area contributed by atoms with E-state index in [4.69, 9.17) is 9.47 Å². The second-order valence-electron chi connectivity index (χ2n) is 7.39. The number of amides is 1. The van der Waals surface area contributed by atoms with Crippen molar-refractivity contribution in [1.82, 2.24) is 9.97 Å². The van der Waals surface area contributed by atoms with Crippen molar-refractivity contribution in [2.75, 3.05) is 38.0 Å². The number of methoxy groups -OCH3 is 1. The average molecular weight is 406 g/mol. The number of nitrogens with one attached hydrogen (secondary N) is 2. The van der Waals surface area contributed by atoms with Crippen molar-refractivity contribution in [3.8, 4) is 11.1 Å². The highest BCUT2D eigenvalue weighted by molar-refractivity contribution is 6.03. The number of pyridine rings is 2. The summed E-state index contributed by atoms with van der Waals surface area (Å²) >= 11 is 0. The number of nitrogens with zero attached hydrogens (tertiary/aromatic N) is 2. The molecule has 0 saturated heterocycles. The Morgan fingerprint density at radius 1 is 1.13 bits per heavy atom. The summed E-state index contributed by atoms with van der Waals surface area (Å²) in [6, 6.07) is 10.1. The number of benzene rings is 1. The van der Waals surface area contributed by atoms with Crippen molar-refractivity contribution in [2.24, 2.45) is 5.92 Å². The van der Waals surface area contributed by atoms with Gasteiger partial charge >= 0.3 is 0 Å². The summed E-state index contributed by atoms with van der Waals surface area (Å²) in [6.45, 7) is 1.64. The maximum absolute atomic E-state index is 12.2. The van der Waals surface area contributed by atoms with E-state index in [0.29, 0.717) is 25.6 Å². The molecule has 3 aromatic rings. The first-order valence-electron chi connectivity index (χ1n) is 10.1. The van der Waals surface area contributed by atoms with Crippen LogP contribution in [0.2, 0.25) is 0 Å². The number of hydrogen-bond acceptors (Lipinski definition) is 6. The third-order valence-corrected chi connectivity index (χ3v) is 5.15. The minimum Gasteiger partial charge on any atom is -0.382 e. The Morgan fingerprint density at radius 2 is 2.00 bits per heavy atom. The van der Waals surface area contributed by atoms with Crippen LogP contribution in [0.15, 0.2) is 42.7 Å². The molecule has 2 heterocycles. The molecule has 156 valence electrons. The van der Waals surface area contributed by atoms with Crippen LogP contribution >= 0.6 is 0 Å². The molecule has 7 nitrogen and oxygen atoms in total. The molecule has 1 aliphatic rings. The van der Waals surface area contributed by atoms with Gasteiger partial charge in [-0.1, -0.05) is 18.2 Å². The van der Waals surface area contributed by atoms with Gasteiger partial charge in [-0.2, -0.15) is 0 Å². The van der Waals surface area contributed by atoms with Crippen LogP contribution in [0.5, 0.6) is 0 Å². The minimum atomic E-state index is 0.0431. The number of aromatic nitrogens is 2. The van der Waals surface area contributed by atoms with Gasteiger partial charge < -0.3 is 20.1 Å². The standard InChI is InChI=1S/C23H26N4O3/c1-24-22-20-13-25-21(27-23(28)16-6-7-16)11-18(20)19(12-26-22)17-5-3-4-15(10-17)14-30-9-8-29-2/h3-5,10-13,16H,6-9,14H2,1-2H3,(H,24,26)(H,25,27,28). The zero-order valence-electron chi connectivity index (χ0n) is 17.3. The zero-order chi connectivity index (χ0) is 20.9. The van der Waals surface area contributed by atoms with E-state index in [0.717, 1.165) is 46.1 Å². The molecule has 1 fully saturated rings. The lowest BCUT2D eigenvalue weighted by Gasteiger charge is -2.13. The molecule has 2 N–H and O–H groups in total. The van der Waals surface area contributed by atoms with Gasteiger partial charge in [0, 0.05) is 43.4 Å². The molecular weight excluding hydrogens is 380 g/mol. The maximum atomic E-state index is 12.2. The predicted octanol–water partition coefficient (Wildman–Crippen LogP) is 3.85. The zero-order valence-corrected chi connectivity index (χ0v) is 17.3. The Kier molecular flexibility index (Phi) is 6.21. The number of anilines is 2. The molecule has 1 aromatic carbocycles. The van der Waals surface area contributed by atoms with Gasteiger partial charge in [-0.15, -0.1) is 0 Å². The molecule has 0 aliphatic heterocycles. The maximum Gasteiger partial charge on any atom is 0.228 e. The van der Waals surface area contributed by atoms with Crippen molar-refractivity contribution in [3.63, 3.8) is 0 Å². The Hall–Kier alpha value is -3.03. The van der Waals surface area contributed by atoms with Crippen LogP contribution in [0.3, 0.4) is 0 Å². The van der Waals surface area contributed by atoms with Gasteiger partial charge in [0.25, 0.3) is 0 Å². The van der Waals surface area contributed by atoms with Crippen molar-refractivity contribution in [1.29, 1.82) is 0 Å². The second kappa shape index (κ2) is 9.19. The average Bonchev–Trinajstić information content (AvgIpc) is 3.62. The van der Waals surface area contributed by atoms with E-state index in [-0.39, 0.29) is 11.8 Å². The molecule has 0 bridgehead atoms. The molecule has 0 unspecified atom stereocenters. The Morgan fingerprint density at radius 3 is 2.77 bits per heavy atom. The summed E-state index contributed by atoms with van der Waals surface area (Å²) in [7, 11) is 3.50. The first-order chi connectivity index (χ1) is 14.7. The topological polar surface area (TPSA) is 85.4 Å². The van der Waals surface area contributed by atoms with E-state index in [2.05, 4.69) is 32.7 Å². The fraction of sp³-hybridized carbons (Fsp3) is 0.348. The SMILES string of the molecule is CNc1ncc(-c2cccc(COCCOC)c2)c2cc(NC(=O)C3CC3)ncc12. The van der Waals surface area contributed by atoms with E-state index in [1.807, 2.05) is 31.4 Å². The largest absolute Gasteiger partial charge is 0.382 e. The predicted molar refractivity (Wildman–Crippen MR) is 117 cm³/mol. The van der Waals surface area contributed by atoms with E-state index >= 15 is 0 Å². The fourth-order valence-electron chi connectivity index (χ4n) is 3.37. The lowest BCUT2D eigenvalue weighted by Crippen LogP contribution is -2.14. The van der Waals surface area contributed by atoms with E-state index in [9.17, 15) is 4.79 Å². The van der Waals surface area contributed by atoms with Gasteiger partial charge in [-0.3, -0.25) is 4.79 Å². The molecule has 0 radical (unpaired) electrons. The van der Waals surface area contributed by atoms with Crippen LogP contribution in [-0.2, 0) is 20.9 Å². The molecule has 30 heavy (non-hydrogen) atoms. The van der Waals surface area contributed by atoms with Crippen LogP contribution in [0.1, 0.15) is 18.4 Å². The van der Waals surface area contributed by atoms with Crippen LogP contribution in [0, 0.1) is 5.92 Å². The van der Waals surface area contributed by atoms with Gasteiger partial charge in [0.2, 0.25) is 5.91 Å². The summed E-state index contributed by atoms with van der Waals surface area (Å²) in [5.41, 5.74) is 3.09. The number of fused-ring (bicyclic) bond motifs is 1. The first kappa shape index (κ1) is 20.3. The van der Waals surface area contributed by atoms with Crippen molar-refractivity contribution in [3.05, 3.63) is 48.3 Å². The number of hydrogen-bond donors (Lipinski definition) is 2. The highest BCUT2D eigenvalue weighted by Gasteiger charge is 2.29. The Bertz CT molecular complexity index is 1050. The fourth-order valence-corrected chi connectivity index (χ4v) is 3.37.